The standard InChI is InChI=1S/C8H10F3NS/c9-8(10,11)6-12-3-1-7-2-4-13-5-7/h2,4-5,12H,1,3,6H2. The molecule has 0 fully saturated rings. The van der Waals surface area contributed by atoms with Crippen LogP contribution in [0.5, 0.6) is 0 Å². The number of hydrogen-bond donors (Lipinski definition) is 1. The first-order chi connectivity index (χ1) is 6.08. The molecule has 0 saturated carbocycles. The Bertz CT molecular complexity index is 230. The second-order valence-corrected chi connectivity index (χ2v) is 3.45. The number of halogens is 3. The minimum absolute atomic E-state index is 0.371. The molecule has 1 aromatic rings. The zero-order valence-corrected chi connectivity index (χ0v) is 7.71. The zero-order valence-electron chi connectivity index (χ0n) is 6.90. The predicted octanol–water partition coefficient (Wildman–Crippen LogP) is 2.44. The maximum atomic E-state index is 11.7. The van der Waals surface area contributed by atoms with E-state index < -0.39 is 12.7 Å². The predicted molar refractivity (Wildman–Crippen MR) is 46.9 cm³/mol. The number of alkyl halides is 3. The molecule has 1 N–H and O–H groups in total. The molecule has 1 rings (SSSR count). The molecular weight excluding hydrogens is 199 g/mol. The van der Waals surface area contributed by atoms with Gasteiger partial charge < -0.3 is 5.32 Å². The van der Waals surface area contributed by atoms with Crippen LogP contribution in [0.15, 0.2) is 16.8 Å². The number of rotatable bonds is 4. The van der Waals surface area contributed by atoms with E-state index in [0.29, 0.717) is 13.0 Å². The van der Waals surface area contributed by atoms with Gasteiger partial charge in [0, 0.05) is 0 Å². The molecule has 13 heavy (non-hydrogen) atoms. The Morgan fingerprint density at radius 3 is 2.69 bits per heavy atom. The third kappa shape index (κ3) is 4.90. The molecule has 1 nitrogen and oxygen atoms in total. The van der Waals surface area contributed by atoms with Crippen molar-refractivity contribution in [2.45, 2.75) is 12.6 Å². The molecule has 0 spiro atoms. The maximum Gasteiger partial charge on any atom is 0.401 e. The lowest BCUT2D eigenvalue weighted by Crippen LogP contribution is -2.30. The van der Waals surface area contributed by atoms with Crippen molar-refractivity contribution in [3.8, 4) is 0 Å². The van der Waals surface area contributed by atoms with E-state index in [1.165, 1.54) is 0 Å². The van der Waals surface area contributed by atoms with Gasteiger partial charge in [-0.05, 0) is 35.4 Å². The lowest BCUT2D eigenvalue weighted by molar-refractivity contribution is -0.124. The van der Waals surface area contributed by atoms with Crippen LogP contribution in [-0.2, 0) is 6.42 Å². The van der Waals surface area contributed by atoms with Crippen molar-refractivity contribution in [2.75, 3.05) is 13.1 Å². The zero-order chi connectivity index (χ0) is 9.73. The molecule has 0 aliphatic carbocycles. The van der Waals surface area contributed by atoms with Crippen LogP contribution in [0.4, 0.5) is 13.2 Å². The number of nitrogens with one attached hydrogen (secondary N) is 1. The van der Waals surface area contributed by atoms with Gasteiger partial charge >= 0.3 is 6.18 Å². The molecule has 0 aliphatic rings. The topological polar surface area (TPSA) is 12.0 Å². The van der Waals surface area contributed by atoms with E-state index in [9.17, 15) is 13.2 Å². The highest BCUT2D eigenvalue weighted by Crippen LogP contribution is 2.12. The first-order valence-electron chi connectivity index (χ1n) is 3.86. The van der Waals surface area contributed by atoms with Crippen LogP contribution in [0.25, 0.3) is 0 Å². The van der Waals surface area contributed by atoms with Gasteiger partial charge in [-0.2, -0.15) is 24.5 Å². The SMILES string of the molecule is FC(F)(F)CNCCc1ccsc1. The van der Waals surface area contributed by atoms with Crippen molar-refractivity contribution < 1.29 is 13.2 Å². The van der Waals surface area contributed by atoms with Gasteiger partial charge in [-0.15, -0.1) is 0 Å². The highest BCUT2D eigenvalue weighted by molar-refractivity contribution is 7.07. The second-order valence-electron chi connectivity index (χ2n) is 2.67. The van der Waals surface area contributed by atoms with Crippen LogP contribution >= 0.6 is 11.3 Å². The van der Waals surface area contributed by atoms with Crippen LogP contribution in [0.1, 0.15) is 5.56 Å². The molecule has 0 radical (unpaired) electrons. The van der Waals surface area contributed by atoms with E-state index in [0.717, 1.165) is 5.56 Å². The molecule has 1 heterocycles. The van der Waals surface area contributed by atoms with E-state index >= 15 is 0 Å². The molecule has 0 saturated heterocycles. The minimum Gasteiger partial charge on any atom is -0.308 e. The van der Waals surface area contributed by atoms with Gasteiger partial charge in [-0.25, -0.2) is 0 Å². The first kappa shape index (κ1) is 10.5. The van der Waals surface area contributed by atoms with Gasteiger partial charge in [0.2, 0.25) is 0 Å². The maximum absolute atomic E-state index is 11.7. The molecule has 0 bridgehead atoms. The van der Waals surface area contributed by atoms with E-state index in [2.05, 4.69) is 5.32 Å². The van der Waals surface area contributed by atoms with Crippen LogP contribution in [0.2, 0.25) is 0 Å². The van der Waals surface area contributed by atoms with Gasteiger partial charge in [0.25, 0.3) is 0 Å². The smallest absolute Gasteiger partial charge is 0.308 e. The van der Waals surface area contributed by atoms with Gasteiger partial charge in [-0.1, -0.05) is 0 Å². The number of thiophene rings is 1. The summed E-state index contributed by atoms with van der Waals surface area (Å²) in [5, 5.41) is 6.20. The first-order valence-corrected chi connectivity index (χ1v) is 4.81. The highest BCUT2D eigenvalue weighted by Gasteiger charge is 2.25. The van der Waals surface area contributed by atoms with E-state index in [1.54, 1.807) is 11.3 Å². The third-order valence-corrected chi connectivity index (χ3v) is 2.23. The van der Waals surface area contributed by atoms with Crippen molar-refractivity contribution in [3.05, 3.63) is 22.4 Å². The summed E-state index contributed by atoms with van der Waals surface area (Å²) in [4.78, 5) is 0. The largest absolute Gasteiger partial charge is 0.401 e. The number of hydrogen-bond acceptors (Lipinski definition) is 2. The molecule has 0 aromatic carbocycles. The van der Waals surface area contributed by atoms with Crippen molar-refractivity contribution in [2.24, 2.45) is 0 Å². The minimum atomic E-state index is -4.10. The van der Waals surface area contributed by atoms with Gasteiger partial charge in [0.05, 0.1) is 6.54 Å². The summed E-state index contributed by atoms with van der Waals surface area (Å²) in [5.74, 6) is 0. The molecule has 1 aromatic heterocycles. The van der Waals surface area contributed by atoms with Gasteiger partial charge in [0.1, 0.15) is 0 Å². The molecule has 0 atom stereocenters. The normalized spacial score (nSPS) is 11.9. The molecule has 0 unspecified atom stereocenters. The summed E-state index contributed by atoms with van der Waals surface area (Å²) in [6.45, 7) is -0.534. The fraction of sp³-hybridized carbons (Fsp3) is 0.500. The summed E-state index contributed by atoms with van der Waals surface area (Å²) < 4.78 is 35.0. The fourth-order valence-corrected chi connectivity index (χ4v) is 1.60. The Labute approximate surface area is 78.6 Å². The highest BCUT2D eigenvalue weighted by atomic mass is 32.1. The summed E-state index contributed by atoms with van der Waals surface area (Å²) in [6.07, 6.45) is -3.45. The van der Waals surface area contributed by atoms with Crippen LogP contribution < -0.4 is 5.32 Å². The lowest BCUT2D eigenvalue weighted by atomic mass is 10.2. The Hall–Kier alpha value is -0.550. The van der Waals surface area contributed by atoms with Crippen LogP contribution in [0.3, 0.4) is 0 Å². The quantitative estimate of drug-likeness (QED) is 0.751. The van der Waals surface area contributed by atoms with E-state index in [4.69, 9.17) is 0 Å². The average Bonchev–Trinajstić information content (AvgIpc) is 2.48. The fourth-order valence-electron chi connectivity index (χ4n) is 0.898. The van der Waals surface area contributed by atoms with Gasteiger partial charge in [0.15, 0.2) is 0 Å². The summed E-state index contributed by atoms with van der Waals surface area (Å²) >= 11 is 1.55. The van der Waals surface area contributed by atoms with Crippen molar-refractivity contribution in [3.63, 3.8) is 0 Å². The van der Waals surface area contributed by atoms with Crippen LogP contribution in [0, 0.1) is 0 Å². The second kappa shape index (κ2) is 4.62. The Balaban J connectivity index is 2.09. The van der Waals surface area contributed by atoms with Crippen molar-refractivity contribution >= 4 is 11.3 Å². The van der Waals surface area contributed by atoms with Crippen molar-refractivity contribution in [1.82, 2.24) is 5.32 Å². The Kier molecular flexibility index (Phi) is 3.74. The summed E-state index contributed by atoms with van der Waals surface area (Å²) in [5.41, 5.74) is 1.08. The third-order valence-electron chi connectivity index (χ3n) is 1.50. The Morgan fingerprint density at radius 2 is 2.15 bits per heavy atom. The van der Waals surface area contributed by atoms with Gasteiger partial charge in [-0.3, -0.25) is 0 Å². The molecule has 0 amide bonds. The molecule has 74 valence electrons. The van der Waals surface area contributed by atoms with Crippen molar-refractivity contribution in [1.29, 1.82) is 0 Å². The lowest BCUT2D eigenvalue weighted by Gasteiger charge is -2.06. The van der Waals surface area contributed by atoms with E-state index in [-0.39, 0.29) is 0 Å². The summed E-state index contributed by atoms with van der Waals surface area (Å²) in [7, 11) is 0. The average molecular weight is 209 g/mol. The molecule has 5 heteroatoms. The van der Waals surface area contributed by atoms with Crippen LogP contribution in [-0.4, -0.2) is 19.3 Å². The molecular formula is C8H10F3NS. The Morgan fingerprint density at radius 1 is 1.38 bits per heavy atom. The monoisotopic (exact) mass is 209 g/mol. The summed E-state index contributed by atoms with van der Waals surface area (Å²) in [6, 6.07) is 1.92. The van der Waals surface area contributed by atoms with E-state index in [1.807, 2.05) is 16.8 Å². The molecule has 0 aliphatic heterocycles.